The first-order valence-electron chi connectivity index (χ1n) is 37.9. The summed E-state index contributed by atoms with van der Waals surface area (Å²) in [6.45, 7) is 4.01. The van der Waals surface area contributed by atoms with E-state index in [-0.39, 0.29) is 32.0 Å². The topological polar surface area (TPSA) is 111 Å². The summed E-state index contributed by atoms with van der Waals surface area (Å²) in [5.41, 5.74) is 0. The molecule has 0 aromatic heterocycles. The Bertz CT molecular complexity index is 2020. The van der Waals surface area contributed by atoms with Gasteiger partial charge in [-0.2, -0.15) is 0 Å². The average molecular weight is 1300 g/mol. The second kappa shape index (κ2) is 71.4. The van der Waals surface area contributed by atoms with Crippen molar-refractivity contribution >= 4 is 19.8 Å². The molecule has 0 rings (SSSR count). The Morgan fingerprint density at radius 2 is 0.587 bits per heavy atom. The predicted molar refractivity (Wildman–Crippen MR) is 397 cm³/mol. The van der Waals surface area contributed by atoms with E-state index in [4.69, 9.17) is 18.5 Å². The third-order valence-corrected chi connectivity index (χ3v) is 17.1. The first-order chi connectivity index (χ1) is 45.0. The van der Waals surface area contributed by atoms with E-state index < -0.39 is 26.5 Å². The molecule has 0 fully saturated rings. The number of hydrogen-bond donors (Lipinski definition) is 0. The van der Waals surface area contributed by atoms with Gasteiger partial charge in [0.1, 0.15) is 19.8 Å². The molecular weight excluding hydrogens is 1160 g/mol. The number of rotatable bonds is 69. The quantitative estimate of drug-likeness (QED) is 0.0195. The molecule has 2 atom stereocenters. The summed E-state index contributed by atoms with van der Waals surface area (Å²) in [7, 11) is 1.15. The van der Waals surface area contributed by atoms with Gasteiger partial charge in [0, 0.05) is 12.8 Å². The zero-order chi connectivity index (χ0) is 66.9. The number of likely N-dealkylation sites (N-methyl/N-ethyl adjacent to an activating group) is 1. The van der Waals surface area contributed by atoms with E-state index in [2.05, 4.69) is 148 Å². The van der Waals surface area contributed by atoms with Gasteiger partial charge in [-0.15, -0.1) is 0 Å². The van der Waals surface area contributed by atoms with Crippen molar-refractivity contribution < 1.29 is 42.1 Å². The van der Waals surface area contributed by atoms with E-state index in [0.29, 0.717) is 17.4 Å². The van der Waals surface area contributed by atoms with Crippen LogP contribution in [0.5, 0.6) is 0 Å². The van der Waals surface area contributed by atoms with E-state index in [0.717, 1.165) is 122 Å². The SMILES string of the molecule is CC/C=C\C/C=C\C/C=C\C/C=C\C/C=C\C/C=C\C/C=C\CCCCCCCC(=O)OC(COC(=O)CCCCCCCCCCCCCCCCCCCCCCCCCCCCCC/C=C\C/C=C\C/C=C\C/C=C\CC)COP(=O)([O-])OCC[N+](C)(C)C. The Hall–Kier alpha value is -3.85. The van der Waals surface area contributed by atoms with Crippen molar-refractivity contribution in [2.75, 3.05) is 47.5 Å². The maximum absolute atomic E-state index is 12.9. The number of esters is 2. The fourth-order valence-corrected chi connectivity index (χ4v) is 11.2. The lowest BCUT2D eigenvalue weighted by Crippen LogP contribution is -2.37. The zero-order valence-electron chi connectivity index (χ0n) is 60.2. The van der Waals surface area contributed by atoms with Gasteiger partial charge in [-0.25, -0.2) is 0 Å². The van der Waals surface area contributed by atoms with E-state index >= 15 is 0 Å². The van der Waals surface area contributed by atoms with Gasteiger partial charge in [0.2, 0.25) is 0 Å². The number of carbonyl (C=O) groups is 2. The van der Waals surface area contributed by atoms with Crippen LogP contribution in [-0.4, -0.2) is 70.0 Å². The van der Waals surface area contributed by atoms with Crippen LogP contribution < -0.4 is 4.89 Å². The molecule has 0 saturated carbocycles. The summed E-state index contributed by atoms with van der Waals surface area (Å²) in [4.78, 5) is 38.1. The zero-order valence-corrected chi connectivity index (χ0v) is 61.1. The van der Waals surface area contributed by atoms with Crippen molar-refractivity contribution in [1.29, 1.82) is 0 Å². The van der Waals surface area contributed by atoms with Crippen LogP contribution in [0.3, 0.4) is 0 Å². The van der Waals surface area contributed by atoms with Crippen molar-refractivity contribution in [1.82, 2.24) is 0 Å². The largest absolute Gasteiger partial charge is 0.756 e. The minimum Gasteiger partial charge on any atom is -0.756 e. The van der Waals surface area contributed by atoms with Gasteiger partial charge < -0.3 is 27.9 Å². The first-order valence-corrected chi connectivity index (χ1v) is 39.4. The minimum absolute atomic E-state index is 0.0396. The molecular formula is C82H142NO8P. The van der Waals surface area contributed by atoms with E-state index in [1.807, 2.05) is 21.1 Å². The molecule has 0 saturated heterocycles. The molecule has 0 aliphatic carbocycles. The molecule has 0 heterocycles. The normalized spacial score (nSPS) is 13.8. The van der Waals surface area contributed by atoms with Crippen molar-refractivity contribution in [3.8, 4) is 0 Å². The van der Waals surface area contributed by atoms with Gasteiger partial charge in [-0.3, -0.25) is 14.2 Å². The maximum atomic E-state index is 12.9. The predicted octanol–water partition coefficient (Wildman–Crippen LogP) is 24.5. The van der Waals surface area contributed by atoms with Crippen LogP contribution in [0, 0.1) is 0 Å². The molecule has 528 valence electrons. The molecule has 0 aliphatic rings. The second-order valence-corrected chi connectivity index (χ2v) is 27.7. The number of unbranched alkanes of at least 4 members (excludes halogenated alkanes) is 33. The van der Waals surface area contributed by atoms with Gasteiger partial charge in [0.05, 0.1) is 27.7 Å². The highest BCUT2D eigenvalue weighted by molar-refractivity contribution is 7.45. The Morgan fingerprint density at radius 1 is 0.337 bits per heavy atom. The van der Waals surface area contributed by atoms with Crippen molar-refractivity contribution in [3.05, 3.63) is 134 Å². The highest BCUT2D eigenvalue weighted by Gasteiger charge is 2.22. The van der Waals surface area contributed by atoms with Crippen LogP contribution in [0.1, 0.15) is 322 Å². The molecule has 0 aromatic rings. The third-order valence-electron chi connectivity index (χ3n) is 16.2. The van der Waals surface area contributed by atoms with Crippen LogP contribution in [0.2, 0.25) is 0 Å². The molecule has 0 bridgehead atoms. The number of hydrogen-bond acceptors (Lipinski definition) is 8. The molecule has 0 spiro atoms. The monoisotopic (exact) mass is 1300 g/mol. The molecule has 0 N–H and O–H groups in total. The van der Waals surface area contributed by atoms with Gasteiger partial charge in [-0.05, 0) is 109 Å². The van der Waals surface area contributed by atoms with Crippen molar-refractivity contribution in [2.45, 2.75) is 328 Å². The van der Waals surface area contributed by atoms with Gasteiger partial charge >= 0.3 is 11.9 Å². The first kappa shape index (κ1) is 88.2. The highest BCUT2D eigenvalue weighted by atomic mass is 31.2. The average Bonchev–Trinajstić information content (AvgIpc) is 2.14. The number of allylic oxidation sites excluding steroid dienone is 22. The van der Waals surface area contributed by atoms with E-state index in [1.165, 1.54) is 167 Å². The molecule has 9 nitrogen and oxygen atoms in total. The number of phosphoric ester groups is 1. The summed E-state index contributed by atoms with van der Waals surface area (Å²) in [6.07, 6.45) is 104. The second-order valence-electron chi connectivity index (χ2n) is 26.3. The van der Waals surface area contributed by atoms with Crippen LogP contribution in [-0.2, 0) is 32.7 Å². The Balaban J connectivity index is 3.97. The Kier molecular flexibility index (Phi) is 68.5. The molecule has 0 radical (unpaired) electrons. The summed E-state index contributed by atoms with van der Waals surface area (Å²) >= 11 is 0. The summed E-state index contributed by atoms with van der Waals surface area (Å²) in [6, 6.07) is 0. The van der Waals surface area contributed by atoms with Crippen LogP contribution >= 0.6 is 7.82 Å². The molecule has 0 aliphatic heterocycles. The van der Waals surface area contributed by atoms with E-state index in [9.17, 15) is 19.0 Å². The van der Waals surface area contributed by atoms with Gasteiger partial charge in [0.15, 0.2) is 6.10 Å². The van der Waals surface area contributed by atoms with Crippen LogP contribution in [0.15, 0.2) is 134 Å². The summed E-state index contributed by atoms with van der Waals surface area (Å²) < 4.78 is 34.3. The fraction of sp³-hybridized carbons (Fsp3) is 0.707. The molecule has 2 unspecified atom stereocenters. The lowest BCUT2D eigenvalue weighted by Gasteiger charge is -2.28. The standard InChI is InChI=1S/C82H142NO8P/c1-6-8-10-12-14-16-18-20-22-24-26-28-30-32-34-35-36-37-38-39-40-41-42-43-44-45-46-47-49-50-52-54-56-58-60-62-64-66-68-70-72-74-81(84)88-78-80(79-90-92(86,87)89-77-76-83(3,4)5)91-82(85)75-73-71-69-67-65-63-61-59-57-55-53-51-48-33-31-29-27-25-23-21-19-17-15-13-11-9-7-2/h8-11,14-17,20-23,26-29,33,48,53,55,59,61,80H,6-7,12-13,18-19,24-25,30-32,34-47,49-52,54,56-58,60,62-79H2,1-5H3/b10-8-,11-9-,16-14-,17-15-,22-20-,23-21-,28-26-,29-27-,48-33-,55-53-,61-59-. The van der Waals surface area contributed by atoms with Crippen LogP contribution in [0.25, 0.3) is 0 Å². The van der Waals surface area contributed by atoms with E-state index in [1.54, 1.807) is 0 Å². The molecule has 10 heteroatoms. The van der Waals surface area contributed by atoms with Crippen molar-refractivity contribution in [2.24, 2.45) is 0 Å². The number of nitrogens with zero attached hydrogens (tertiary/aromatic N) is 1. The summed E-state index contributed by atoms with van der Waals surface area (Å²) in [5, 5.41) is 0. The fourth-order valence-electron chi connectivity index (χ4n) is 10.5. The van der Waals surface area contributed by atoms with Crippen LogP contribution in [0.4, 0.5) is 0 Å². The highest BCUT2D eigenvalue weighted by Crippen LogP contribution is 2.38. The van der Waals surface area contributed by atoms with Gasteiger partial charge in [0.25, 0.3) is 7.82 Å². The maximum Gasteiger partial charge on any atom is 0.306 e. The Morgan fingerprint density at radius 3 is 0.870 bits per heavy atom. The molecule has 92 heavy (non-hydrogen) atoms. The third kappa shape index (κ3) is 75.2. The lowest BCUT2D eigenvalue weighted by molar-refractivity contribution is -0.870. The summed E-state index contributed by atoms with van der Waals surface area (Å²) in [5.74, 6) is -0.851. The smallest absolute Gasteiger partial charge is 0.306 e. The Labute approximate surface area is 568 Å². The lowest BCUT2D eigenvalue weighted by atomic mass is 10.0. The van der Waals surface area contributed by atoms with Gasteiger partial charge in [-0.1, -0.05) is 334 Å². The molecule has 0 aromatic carbocycles. The van der Waals surface area contributed by atoms with Crippen molar-refractivity contribution in [3.63, 3.8) is 0 Å². The minimum atomic E-state index is -4.66. The number of quaternary nitrogens is 1. The number of carbonyl (C=O) groups excluding carboxylic acids is 2. The molecule has 0 amide bonds. The number of phosphoric acid groups is 1. The number of ether oxygens (including phenoxy) is 2.